The second kappa shape index (κ2) is 5.41. The van der Waals surface area contributed by atoms with Crippen molar-refractivity contribution < 1.29 is 24.7 Å². The third kappa shape index (κ3) is 2.86. The second-order valence-corrected chi connectivity index (χ2v) is 4.14. The molecule has 0 aromatic heterocycles. The SMILES string of the molecule is O=C([O-])c1ccc(-c2ccc([N+](=O)[O-])cc2)cc1C(=O)[O-]. The summed E-state index contributed by atoms with van der Waals surface area (Å²) in [4.78, 5) is 31.8. The van der Waals surface area contributed by atoms with Gasteiger partial charge in [-0.05, 0) is 29.3 Å². The molecule has 0 aliphatic rings. The van der Waals surface area contributed by atoms with Gasteiger partial charge >= 0.3 is 0 Å². The molecule has 0 amide bonds. The van der Waals surface area contributed by atoms with Crippen molar-refractivity contribution in [1.29, 1.82) is 0 Å². The van der Waals surface area contributed by atoms with Crippen LogP contribution >= 0.6 is 0 Å². The molecule has 0 saturated carbocycles. The molecule has 0 spiro atoms. The van der Waals surface area contributed by atoms with E-state index in [0.29, 0.717) is 11.1 Å². The van der Waals surface area contributed by atoms with E-state index >= 15 is 0 Å². The molecule has 2 rings (SSSR count). The number of carboxylic acid groups (broad SMARTS) is 2. The second-order valence-electron chi connectivity index (χ2n) is 4.14. The molecule has 7 heteroatoms. The smallest absolute Gasteiger partial charge is 0.269 e. The molecule has 0 unspecified atom stereocenters. The van der Waals surface area contributed by atoms with Crippen molar-refractivity contribution >= 4 is 17.6 Å². The van der Waals surface area contributed by atoms with Crippen LogP contribution in [0.1, 0.15) is 20.7 Å². The summed E-state index contributed by atoms with van der Waals surface area (Å²) >= 11 is 0. The van der Waals surface area contributed by atoms with E-state index in [0.717, 1.165) is 12.1 Å². The molecule has 0 fully saturated rings. The van der Waals surface area contributed by atoms with E-state index in [1.165, 1.54) is 30.3 Å². The molecule has 0 radical (unpaired) electrons. The maximum absolute atomic E-state index is 11.0. The minimum absolute atomic E-state index is 0.106. The van der Waals surface area contributed by atoms with Gasteiger partial charge in [-0.25, -0.2) is 0 Å². The van der Waals surface area contributed by atoms with Gasteiger partial charge in [0.25, 0.3) is 5.69 Å². The normalized spacial score (nSPS) is 10.1. The zero-order valence-corrected chi connectivity index (χ0v) is 10.4. The van der Waals surface area contributed by atoms with Crippen molar-refractivity contribution in [3.05, 3.63) is 63.7 Å². The highest BCUT2D eigenvalue weighted by Gasteiger charge is 2.09. The fourth-order valence-corrected chi connectivity index (χ4v) is 1.85. The highest BCUT2D eigenvalue weighted by atomic mass is 16.6. The lowest BCUT2D eigenvalue weighted by molar-refractivity contribution is -0.384. The molecular formula is C14H7NO6-2. The summed E-state index contributed by atoms with van der Waals surface area (Å²) in [5, 5.41) is 32.3. The average Bonchev–Trinajstić information content (AvgIpc) is 2.46. The Hall–Kier alpha value is -3.22. The third-order valence-electron chi connectivity index (χ3n) is 2.87. The highest BCUT2D eigenvalue weighted by Crippen LogP contribution is 2.24. The van der Waals surface area contributed by atoms with Gasteiger partial charge in [0.2, 0.25) is 0 Å². The zero-order valence-electron chi connectivity index (χ0n) is 10.4. The molecule has 106 valence electrons. The number of nitro groups is 1. The Morgan fingerprint density at radius 3 is 1.81 bits per heavy atom. The first-order valence-corrected chi connectivity index (χ1v) is 5.71. The largest absolute Gasteiger partial charge is 0.545 e. The Kier molecular flexibility index (Phi) is 3.66. The van der Waals surface area contributed by atoms with Gasteiger partial charge in [0.1, 0.15) is 0 Å². The summed E-state index contributed by atoms with van der Waals surface area (Å²) in [6, 6.07) is 9.01. The van der Waals surface area contributed by atoms with Gasteiger partial charge in [-0.3, -0.25) is 10.1 Å². The summed E-state index contributed by atoms with van der Waals surface area (Å²) in [7, 11) is 0. The van der Waals surface area contributed by atoms with E-state index in [9.17, 15) is 29.9 Å². The zero-order chi connectivity index (χ0) is 15.6. The van der Waals surface area contributed by atoms with Crippen LogP contribution in [0.15, 0.2) is 42.5 Å². The third-order valence-corrected chi connectivity index (χ3v) is 2.87. The first kappa shape index (κ1) is 14.2. The van der Waals surface area contributed by atoms with Crippen LogP contribution in [0.2, 0.25) is 0 Å². The van der Waals surface area contributed by atoms with Crippen LogP contribution in [-0.2, 0) is 0 Å². The molecule has 0 atom stereocenters. The molecule has 2 aromatic carbocycles. The number of carbonyl (C=O) groups is 2. The summed E-state index contributed by atoms with van der Waals surface area (Å²) < 4.78 is 0. The number of nitro benzene ring substituents is 1. The maximum Gasteiger partial charge on any atom is 0.269 e. The monoisotopic (exact) mass is 285 g/mol. The Morgan fingerprint density at radius 1 is 0.810 bits per heavy atom. The molecule has 0 saturated heterocycles. The van der Waals surface area contributed by atoms with Crippen LogP contribution in [0.3, 0.4) is 0 Å². The van der Waals surface area contributed by atoms with Crippen LogP contribution in [0.4, 0.5) is 5.69 Å². The van der Waals surface area contributed by atoms with Gasteiger partial charge in [0.05, 0.1) is 16.9 Å². The van der Waals surface area contributed by atoms with Gasteiger partial charge in [0.15, 0.2) is 0 Å². The first-order chi connectivity index (χ1) is 9.90. The highest BCUT2D eigenvalue weighted by molar-refractivity contribution is 6.01. The molecule has 0 aliphatic heterocycles. The Morgan fingerprint density at radius 2 is 1.33 bits per heavy atom. The molecule has 0 bridgehead atoms. The number of carboxylic acids is 2. The fourth-order valence-electron chi connectivity index (χ4n) is 1.85. The van der Waals surface area contributed by atoms with Gasteiger partial charge in [-0.2, -0.15) is 0 Å². The van der Waals surface area contributed by atoms with E-state index in [4.69, 9.17) is 0 Å². The Labute approximate surface area is 118 Å². The van der Waals surface area contributed by atoms with Crippen LogP contribution in [0.5, 0.6) is 0 Å². The number of aromatic carboxylic acids is 2. The van der Waals surface area contributed by atoms with E-state index in [1.54, 1.807) is 0 Å². The number of hydrogen-bond acceptors (Lipinski definition) is 6. The number of nitrogens with zero attached hydrogens (tertiary/aromatic N) is 1. The molecule has 0 N–H and O–H groups in total. The van der Waals surface area contributed by atoms with Gasteiger partial charge in [-0.1, -0.05) is 12.1 Å². The predicted molar refractivity (Wildman–Crippen MR) is 67.2 cm³/mol. The van der Waals surface area contributed by atoms with E-state index < -0.39 is 28.0 Å². The van der Waals surface area contributed by atoms with Crippen molar-refractivity contribution in [2.75, 3.05) is 0 Å². The minimum atomic E-state index is -1.64. The Bertz CT molecular complexity index is 736. The topological polar surface area (TPSA) is 123 Å². The van der Waals surface area contributed by atoms with Crippen LogP contribution in [0.25, 0.3) is 11.1 Å². The molecule has 0 heterocycles. The standard InChI is InChI=1S/C14H9NO6/c16-13(17)11-6-3-9(7-12(11)14(18)19)8-1-4-10(5-2-8)15(20)21/h1-7H,(H,16,17)(H,18,19)/p-2. The van der Waals surface area contributed by atoms with Crippen molar-refractivity contribution in [3.8, 4) is 11.1 Å². The van der Waals surface area contributed by atoms with Gasteiger partial charge in [-0.15, -0.1) is 0 Å². The number of non-ortho nitro benzene ring substituents is 1. The van der Waals surface area contributed by atoms with Crippen LogP contribution < -0.4 is 10.2 Å². The summed E-state index contributed by atoms with van der Waals surface area (Å²) in [6.45, 7) is 0. The molecular weight excluding hydrogens is 278 g/mol. The first-order valence-electron chi connectivity index (χ1n) is 5.71. The maximum atomic E-state index is 11.0. The minimum Gasteiger partial charge on any atom is -0.545 e. The molecule has 7 nitrogen and oxygen atoms in total. The summed E-state index contributed by atoms with van der Waals surface area (Å²) in [5.41, 5.74) is -0.196. The van der Waals surface area contributed by atoms with Gasteiger partial charge in [0, 0.05) is 23.3 Å². The van der Waals surface area contributed by atoms with Crippen molar-refractivity contribution in [3.63, 3.8) is 0 Å². The van der Waals surface area contributed by atoms with Crippen LogP contribution in [0, 0.1) is 10.1 Å². The number of hydrogen-bond donors (Lipinski definition) is 0. The number of carbonyl (C=O) groups excluding carboxylic acids is 2. The molecule has 21 heavy (non-hydrogen) atoms. The number of benzene rings is 2. The molecule has 0 aliphatic carbocycles. The molecule has 2 aromatic rings. The lowest BCUT2D eigenvalue weighted by Gasteiger charge is -2.13. The summed E-state index contributed by atoms with van der Waals surface area (Å²) in [5.74, 6) is -3.26. The van der Waals surface area contributed by atoms with Crippen molar-refractivity contribution in [1.82, 2.24) is 0 Å². The lowest BCUT2D eigenvalue weighted by atomic mass is 9.99. The summed E-state index contributed by atoms with van der Waals surface area (Å²) in [6.07, 6.45) is 0. The van der Waals surface area contributed by atoms with Gasteiger partial charge < -0.3 is 19.8 Å². The quantitative estimate of drug-likeness (QED) is 0.574. The lowest BCUT2D eigenvalue weighted by Crippen LogP contribution is -2.30. The van der Waals surface area contributed by atoms with E-state index in [2.05, 4.69) is 0 Å². The van der Waals surface area contributed by atoms with Crippen molar-refractivity contribution in [2.24, 2.45) is 0 Å². The van der Waals surface area contributed by atoms with E-state index in [-0.39, 0.29) is 5.69 Å². The predicted octanol–water partition coefficient (Wildman–Crippen LogP) is -0.0112. The number of rotatable bonds is 4. The Balaban J connectivity index is 2.49. The van der Waals surface area contributed by atoms with Crippen LogP contribution in [-0.4, -0.2) is 16.9 Å². The average molecular weight is 285 g/mol. The fraction of sp³-hybridized carbons (Fsp3) is 0. The van der Waals surface area contributed by atoms with Crippen molar-refractivity contribution in [2.45, 2.75) is 0 Å². The van der Waals surface area contributed by atoms with E-state index in [1.807, 2.05) is 0 Å².